The summed E-state index contributed by atoms with van der Waals surface area (Å²) < 4.78 is 0. The number of hydrogen-bond donors (Lipinski definition) is 2. The highest BCUT2D eigenvalue weighted by Crippen LogP contribution is 2.51. The van der Waals surface area contributed by atoms with Gasteiger partial charge in [-0.2, -0.15) is 0 Å². The van der Waals surface area contributed by atoms with Gasteiger partial charge in [0.05, 0.1) is 4.92 Å². The lowest BCUT2D eigenvalue weighted by Gasteiger charge is -2.08. The highest BCUT2D eigenvalue weighted by molar-refractivity contribution is 6.00. The van der Waals surface area contributed by atoms with Crippen LogP contribution in [0.1, 0.15) is 30.6 Å². The third kappa shape index (κ3) is 2.67. The topological polar surface area (TPSA) is 98.3 Å². The molecule has 6 nitrogen and oxygen atoms in total. The molecule has 3 N–H and O–H groups in total. The molecule has 0 radical (unpaired) electrons. The van der Waals surface area contributed by atoms with Crippen LogP contribution in [0, 0.1) is 21.4 Å². The molecular formula is C13H17N3O3. The Labute approximate surface area is 111 Å². The number of para-hydroxylation sites is 1. The largest absolute Gasteiger partial charge is 0.393 e. The zero-order valence-corrected chi connectivity index (χ0v) is 11.0. The Kier molecular flexibility index (Phi) is 3.18. The Morgan fingerprint density at radius 3 is 2.74 bits per heavy atom. The average Bonchev–Trinajstić information content (AvgIpc) is 2.93. The van der Waals surface area contributed by atoms with E-state index in [-0.39, 0.29) is 22.4 Å². The number of nitrogens with two attached hydrogens (primary N) is 1. The van der Waals surface area contributed by atoms with Crippen LogP contribution in [-0.2, 0) is 0 Å². The van der Waals surface area contributed by atoms with Gasteiger partial charge in [-0.25, -0.2) is 0 Å². The van der Waals surface area contributed by atoms with Crippen LogP contribution in [0.5, 0.6) is 0 Å². The number of nitro groups is 1. The number of amides is 1. The van der Waals surface area contributed by atoms with Crippen LogP contribution >= 0.6 is 0 Å². The normalized spacial score (nSPS) is 19.8. The van der Waals surface area contributed by atoms with Gasteiger partial charge in [-0.3, -0.25) is 14.9 Å². The summed E-state index contributed by atoms with van der Waals surface area (Å²) >= 11 is 0. The average molecular weight is 263 g/mol. The van der Waals surface area contributed by atoms with Crippen LogP contribution in [-0.4, -0.2) is 17.4 Å². The Morgan fingerprint density at radius 1 is 1.58 bits per heavy atom. The van der Waals surface area contributed by atoms with E-state index in [1.54, 1.807) is 0 Å². The third-order valence-corrected chi connectivity index (χ3v) is 3.72. The molecule has 0 aliphatic heterocycles. The van der Waals surface area contributed by atoms with Crippen molar-refractivity contribution < 1.29 is 9.72 Å². The van der Waals surface area contributed by atoms with Gasteiger partial charge in [-0.1, -0.05) is 19.9 Å². The molecule has 1 aliphatic carbocycles. The SMILES string of the molecule is CC1(C)CC1CNC(=O)c1cccc(N)c1[N+](=O)[O-]. The summed E-state index contributed by atoms with van der Waals surface area (Å²) in [6, 6.07) is 4.37. The van der Waals surface area contributed by atoms with E-state index < -0.39 is 10.8 Å². The Hall–Kier alpha value is -2.11. The van der Waals surface area contributed by atoms with E-state index >= 15 is 0 Å². The number of rotatable bonds is 4. The quantitative estimate of drug-likeness (QED) is 0.492. The number of nitrogens with zero attached hydrogens (tertiary/aromatic N) is 1. The summed E-state index contributed by atoms with van der Waals surface area (Å²) in [5, 5.41) is 13.7. The van der Waals surface area contributed by atoms with Crippen molar-refractivity contribution in [3.05, 3.63) is 33.9 Å². The first kappa shape index (κ1) is 13.3. The molecule has 19 heavy (non-hydrogen) atoms. The van der Waals surface area contributed by atoms with E-state index in [0.717, 1.165) is 6.42 Å². The maximum atomic E-state index is 12.0. The number of hydrogen-bond acceptors (Lipinski definition) is 4. The van der Waals surface area contributed by atoms with Gasteiger partial charge in [0.2, 0.25) is 0 Å². The van der Waals surface area contributed by atoms with E-state index in [0.29, 0.717) is 12.5 Å². The molecule has 0 bridgehead atoms. The number of nitrogens with one attached hydrogen (secondary N) is 1. The molecule has 1 amide bonds. The number of nitro benzene ring substituents is 1. The van der Waals surface area contributed by atoms with E-state index in [9.17, 15) is 14.9 Å². The maximum Gasteiger partial charge on any atom is 0.304 e. The van der Waals surface area contributed by atoms with Crippen LogP contribution in [0.3, 0.4) is 0 Å². The van der Waals surface area contributed by atoms with E-state index in [2.05, 4.69) is 19.2 Å². The van der Waals surface area contributed by atoms with Crippen molar-refractivity contribution in [3.63, 3.8) is 0 Å². The maximum absolute atomic E-state index is 12.0. The third-order valence-electron chi connectivity index (χ3n) is 3.72. The summed E-state index contributed by atoms with van der Waals surface area (Å²) in [7, 11) is 0. The van der Waals surface area contributed by atoms with Gasteiger partial charge in [-0.05, 0) is 29.9 Å². The second-order valence-corrected chi connectivity index (χ2v) is 5.60. The van der Waals surface area contributed by atoms with Crippen LogP contribution in [0.25, 0.3) is 0 Å². The fraction of sp³-hybridized carbons (Fsp3) is 0.462. The van der Waals surface area contributed by atoms with Crippen molar-refractivity contribution in [3.8, 4) is 0 Å². The fourth-order valence-corrected chi connectivity index (χ4v) is 2.18. The summed E-state index contributed by atoms with van der Waals surface area (Å²) in [5.41, 5.74) is 5.51. The van der Waals surface area contributed by atoms with Gasteiger partial charge in [0, 0.05) is 6.54 Å². The zero-order chi connectivity index (χ0) is 14.2. The summed E-state index contributed by atoms with van der Waals surface area (Å²) in [6.07, 6.45) is 1.06. The highest BCUT2D eigenvalue weighted by atomic mass is 16.6. The first-order valence-electron chi connectivity index (χ1n) is 6.14. The lowest BCUT2D eigenvalue weighted by Crippen LogP contribution is -2.27. The van der Waals surface area contributed by atoms with Crippen LogP contribution < -0.4 is 11.1 Å². The Bertz CT molecular complexity index is 540. The summed E-state index contributed by atoms with van der Waals surface area (Å²) in [4.78, 5) is 22.3. The molecule has 1 fully saturated rings. The van der Waals surface area contributed by atoms with Gasteiger partial charge in [0.25, 0.3) is 5.91 Å². The molecule has 0 aromatic heterocycles. The molecule has 1 saturated carbocycles. The Morgan fingerprint density at radius 2 is 2.21 bits per heavy atom. The molecule has 1 aromatic rings. The first-order chi connectivity index (χ1) is 8.83. The first-order valence-corrected chi connectivity index (χ1v) is 6.14. The second-order valence-electron chi connectivity index (χ2n) is 5.60. The summed E-state index contributed by atoms with van der Waals surface area (Å²) in [5.74, 6) is -0.00161. The van der Waals surface area contributed by atoms with E-state index in [1.807, 2.05) is 0 Å². The summed E-state index contributed by atoms with van der Waals surface area (Å²) in [6.45, 7) is 4.80. The Balaban J connectivity index is 2.11. The molecule has 2 rings (SSSR count). The van der Waals surface area contributed by atoms with Gasteiger partial charge in [0.1, 0.15) is 11.3 Å². The molecule has 0 spiro atoms. The van der Waals surface area contributed by atoms with Crippen LogP contribution in [0.2, 0.25) is 0 Å². The fourth-order valence-electron chi connectivity index (χ4n) is 2.18. The van der Waals surface area contributed by atoms with E-state index in [1.165, 1.54) is 18.2 Å². The van der Waals surface area contributed by atoms with Gasteiger partial charge in [0.15, 0.2) is 0 Å². The lowest BCUT2D eigenvalue weighted by molar-refractivity contribution is -0.384. The molecule has 0 heterocycles. The van der Waals surface area contributed by atoms with Crippen molar-refractivity contribution in [2.45, 2.75) is 20.3 Å². The molecule has 1 aromatic carbocycles. The molecule has 1 unspecified atom stereocenters. The lowest BCUT2D eigenvalue weighted by atomic mass is 10.1. The van der Waals surface area contributed by atoms with Gasteiger partial charge >= 0.3 is 5.69 Å². The van der Waals surface area contributed by atoms with Gasteiger partial charge in [-0.15, -0.1) is 0 Å². The van der Waals surface area contributed by atoms with Crippen molar-refractivity contribution in [2.75, 3.05) is 12.3 Å². The van der Waals surface area contributed by atoms with Crippen molar-refractivity contribution in [2.24, 2.45) is 11.3 Å². The predicted molar refractivity (Wildman–Crippen MR) is 71.7 cm³/mol. The number of nitrogen functional groups attached to an aromatic ring is 1. The van der Waals surface area contributed by atoms with Crippen molar-refractivity contribution >= 4 is 17.3 Å². The number of anilines is 1. The predicted octanol–water partition coefficient (Wildman–Crippen LogP) is 1.95. The smallest absolute Gasteiger partial charge is 0.304 e. The van der Waals surface area contributed by atoms with Crippen molar-refractivity contribution in [1.29, 1.82) is 0 Å². The zero-order valence-electron chi connectivity index (χ0n) is 11.0. The minimum Gasteiger partial charge on any atom is -0.393 e. The van der Waals surface area contributed by atoms with E-state index in [4.69, 9.17) is 5.73 Å². The van der Waals surface area contributed by atoms with Crippen LogP contribution in [0.4, 0.5) is 11.4 Å². The highest BCUT2D eigenvalue weighted by Gasteiger charge is 2.45. The second kappa shape index (κ2) is 4.53. The minimum absolute atomic E-state index is 0.00408. The molecule has 0 saturated heterocycles. The van der Waals surface area contributed by atoms with Gasteiger partial charge < -0.3 is 11.1 Å². The standard InChI is InChI=1S/C13H17N3O3/c1-13(2)6-8(13)7-15-12(17)9-4-3-5-10(14)11(9)16(18)19/h3-5,8H,6-7,14H2,1-2H3,(H,15,17). The van der Waals surface area contributed by atoms with Crippen LogP contribution in [0.15, 0.2) is 18.2 Å². The minimum atomic E-state index is -0.620. The molecule has 6 heteroatoms. The van der Waals surface area contributed by atoms with Crippen molar-refractivity contribution in [1.82, 2.24) is 5.32 Å². The monoisotopic (exact) mass is 263 g/mol. The molecule has 1 aliphatic rings. The number of benzene rings is 1. The molecular weight excluding hydrogens is 246 g/mol. The molecule has 102 valence electrons. The number of carbonyl (C=O) groups excluding carboxylic acids is 1. The number of carbonyl (C=O) groups is 1. The molecule has 1 atom stereocenters.